The van der Waals surface area contributed by atoms with Crippen molar-refractivity contribution in [3.05, 3.63) is 72.1 Å². The summed E-state index contributed by atoms with van der Waals surface area (Å²) in [5, 5.41) is 4.29. The highest BCUT2D eigenvalue weighted by Crippen LogP contribution is 2.21. The molecule has 0 amide bonds. The lowest BCUT2D eigenvalue weighted by Gasteiger charge is -2.05. The minimum absolute atomic E-state index is 0.139. The molecule has 0 aliphatic carbocycles. The molecular formula is C19H18N2O4. The highest BCUT2D eigenvalue weighted by molar-refractivity contribution is 5.90. The maximum absolute atomic E-state index is 12.4. The Morgan fingerprint density at radius 1 is 1.00 bits per heavy atom. The predicted octanol–water partition coefficient (Wildman–Crippen LogP) is 3.25. The van der Waals surface area contributed by atoms with E-state index in [2.05, 4.69) is 5.10 Å². The number of hydrogen-bond donors (Lipinski definition) is 0. The average molecular weight is 338 g/mol. The summed E-state index contributed by atoms with van der Waals surface area (Å²) < 4.78 is 17.3. The zero-order valence-corrected chi connectivity index (χ0v) is 14.0. The Bertz CT molecular complexity index is 842. The number of methoxy groups -OCH3 is 2. The van der Waals surface area contributed by atoms with Crippen LogP contribution in [0.25, 0.3) is 5.69 Å². The number of nitrogens with zero attached hydrogens (tertiary/aromatic N) is 2. The summed E-state index contributed by atoms with van der Waals surface area (Å²) in [7, 11) is 3.09. The van der Waals surface area contributed by atoms with Crippen LogP contribution < -0.4 is 9.47 Å². The van der Waals surface area contributed by atoms with E-state index in [1.807, 2.05) is 54.6 Å². The van der Waals surface area contributed by atoms with Gasteiger partial charge in [0.15, 0.2) is 5.75 Å². The fraction of sp³-hybridized carbons (Fsp3) is 0.158. The number of esters is 1. The van der Waals surface area contributed by atoms with E-state index in [9.17, 15) is 4.79 Å². The molecule has 0 aliphatic rings. The second-order valence-electron chi connectivity index (χ2n) is 5.25. The standard InChI is InChI=1S/C19H18N2O4/c1-23-16-10-8-14(9-11-16)13-25-19(22)18-17(24-2)12-21(20-18)15-6-4-3-5-7-15/h3-12H,13H2,1-2H3. The van der Waals surface area contributed by atoms with E-state index in [1.165, 1.54) is 7.11 Å². The Kier molecular flexibility index (Phi) is 4.99. The number of rotatable bonds is 6. The van der Waals surface area contributed by atoms with Gasteiger partial charge in [0.25, 0.3) is 0 Å². The van der Waals surface area contributed by atoms with E-state index in [-0.39, 0.29) is 12.3 Å². The van der Waals surface area contributed by atoms with Gasteiger partial charge in [0.2, 0.25) is 5.69 Å². The molecule has 0 fully saturated rings. The fourth-order valence-corrected chi connectivity index (χ4v) is 2.30. The minimum atomic E-state index is -0.539. The summed E-state index contributed by atoms with van der Waals surface area (Å²) in [6.07, 6.45) is 1.65. The van der Waals surface area contributed by atoms with Crippen molar-refractivity contribution in [3.63, 3.8) is 0 Å². The largest absolute Gasteiger partial charge is 0.497 e. The molecule has 6 nitrogen and oxygen atoms in total. The summed E-state index contributed by atoms with van der Waals surface area (Å²) >= 11 is 0. The maximum Gasteiger partial charge on any atom is 0.363 e. The quantitative estimate of drug-likeness (QED) is 0.646. The van der Waals surface area contributed by atoms with Gasteiger partial charge in [-0.05, 0) is 29.8 Å². The molecule has 0 radical (unpaired) electrons. The Balaban J connectivity index is 1.73. The van der Waals surface area contributed by atoms with E-state index in [1.54, 1.807) is 18.0 Å². The van der Waals surface area contributed by atoms with E-state index in [0.717, 1.165) is 17.0 Å². The fourth-order valence-electron chi connectivity index (χ4n) is 2.30. The first-order valence-electron chi connectivity index (χ1n) is 7.70. The Morgan fingerprint density at radius 2 is 1.72 bits per heavy atom. The van der Waals surface area contributed by atoms with Crippen LogP contribution in [-0.4, -0.2) is 30.0 Å². The van der Waals surface area contributed by atoms with Gasteiger partial charge in [0, 0.05) is 0 Å². The molecule has 0 spiro atoms. The predicted molar refractivity (Wildman–Crippen MR) is 92.2 cm³/mol. The summed E-state index contributed by atoms with van der Waals surface area (Å²) in [5.74, 6) is 0.573. The molecule has 0 bridgehead atoms. The van der Waals surface area contributed by atoms with E-state index in [4.69, 9.17) is 14.2 Å². The van der Waals surface area contributed by atoms with Crippen molar-refractivity contribution in [2.75, 3.05) is 14.2 Å². The highest BCUT2D eigenvalue weighted by Gasteiger charge is 2.20. The number of carbonyl (C=O) groups excluding carboxylic acids is 1. The normalized spacial score (nSPS) is 10.3. The molecular weight excluding hydrogens is 320 g/mol. The number of hydrogen-bond acceptors (Lipinski definition) is 5. The van der Waals surface area contributed by atoms with Crippen LogP contribution >= 0.6 is 0 Å². The van der Waals surface area contributed by atoms with Crippen LogP contribution in [0.3, 0.4) is 0 Å². The van der Waals surface area contributed by atoms with Crippen LogP contribution in [0.4, 0.5) is 0 Å². The van der Waals surface area contributed by atoms with Crippen molar-refractivity contribution in [2.45, 2.75) is 6.61 Å². The number of ether oxygens (including phenoxy) is 3. The molecule has 6 heteroatoms. The molecule has 3 aromatic rings. The molecule has 0 aliphatic heterocycles. The molecule has 0 N–H and O–H groups in total. The van der Waals surface area contributed by atoms with Gasteiger partial charge < -0.3 is 14.2 Å². The first-order chi connectivity index (χ1) is 12.2. The lowest BCUT2D eigenvalue weighted by Crippen LogP contribution is -2.08. The van der Waals surface area contributed by atoms with E-state index in [0.29, 0.717) is 5.75 Å². The van der Waals surface area contributed by atoms with Gasteiger partial charge in [-0.25, -0.2) is 9.48 Å². The summed E-state index contributed by atoms with van der Waals surface area (Å²) in [6.45, 7) is 0.143. The first kappa shape index (κ1) is 16.6. The van der Waals surface area contributed by atoms with Gasteiger partial charge in [-0.2, -0.15) is 5.10 Å². The molecule has 0 unspecified atom stereocenters. The summed E-state index contributed by atoms with van der Waals surface area (Å²) in [4.78, 5) is 12.4. The highest BCUT2D eigenvalue weighted by atomic mass is 16.5. The maximum atomic E-state index is 12.4. The molecule has 2 aromatic carbocycles. The zero-order valence-electron chi connectivity index (χ0n) is 14.0. The van der Waals surface area contributed by atoms with E-state index < -0.39 is 5.97 Å². The number of benzene rings is 2. The third-order valence-corrected chi connectivity index (χ3v) is 3.64. The second kappa shape index (κ2) is 7.53. The van der Waals surface area contributed by atoms with Crippen molar-refractivity contribution in [3.8, 4) is 17.2 Å². The number of para-hydroxylation sites is 1. The van der Waals surface area contributed by atoms with Crippen molar-refractivity contribution in [1.29, 1.82) is 0 Å². The van der Waals surface area contributed by atoms with Crippen LogP contribution in [-0.2, 0) is 11.3 Å². The first-order valence-corrected chi connectivity index (χ1v) is 7.70. The smallest absolute Gasteiger partial charge is 0.363 e. The van der Waals surface area contributed by atoms with Gasteiger partial charge in [-0.1, -0.05) is 30.3 Å². The average Bonchev–Trinajstić information content (AvgIpc) is 3.12. The van der Waals surface area contributed by atoms with Gasteiger partial charge in [0.1, 0.15) is 12.4 Å². The third kappa shape index (κ3) is 3.80. The molecule has 1 aromatic heterocycles. The topological polar surface area (TPSA) is 62.6 Å². The van der Waals surface area contributed by atoms with Crippen LogP contribution in [0.2, 0.25) is 0 Å². The van der Waals surface area contributed by atoms with Crippen molar-refractivity contribution < 1.29 is 19.0 Å². The molecule has 128 valence electrons. The number of carbonyl (C=O) groups is 1. The minimum Gasteiger partial charge on any atom is -0.497 e. The zero-order chi connectivity index (χ0) is 17.6. The molecule has 0 atom stereocenters. The van der Waals surface area contributed by atoms with Crippen LogP contribution in [0, 0.1) is 0 Å². The monoisotopic (exact) mass is 338 g/mol. The van der Waals surface area contributed by atoms with Gasteiger partial charge in [-0.3, -0.25) is 0 Å². The van der Waals surface area contributed by atoms with Gasteiger partial charge in [0.05, 0.1) is 26.1 Å². The Hall–Kier alpha value is -3.28. The molecule has 0 saturated carbocycles. The second-order valence-corrected chi connectivity index (χ2v) is 5.25. The van der Waals surface area contributed by atoms with Gasteiger partial charge >= 0.3 is 5.97 Å². The van der Waals surface area contributed by atoms with Crippen molar-refractivity contribution >= 4 is 5.97 Å². The van der Waals surface area contributed by atoms with Crippen LogP contribution in [0.5, 0.6) is 11.5 Å². The van der Waals surface area contributed by atoms with Crippen molar-refractivity contribution in [1.82, 2.24) is 9.78 Å². The lowest BCUT2D eigenvalue weighted by atomic mass is 10.2. The number of aromatic nitrogens is 2. The lowest BCUT2D eigenvalue weighted by molar-refractivity contribution is 0.0461. The van der Waals surface area contributed by atoms with Gasteiger partial charge in [-0.15, -0.1) is 0 Å². The van der Waals surface area contributed by atoms with Crippen LogP contribution in [0.15, 0.2) is 60.8 Å². The Labute approximate surface area is 145 Å². The SMILES string of the molecule is COc1ccc(COC(=O)c2nn(-c3ccccc3)cc2OC)cc1. The van der Waals surface area contributed by atoms with Crippen molar-refractivity contribution in [2.24, 2.45) is 0 Å². The molecule has 1 heterocycles. The molecule has 0 saturated heterocycles. The molecule has 3 rings (SSSR count). The summed E-state index contributed by atoms with van der Waals surface area (Å²) in [5.41, 5.74) is 1.82. The molecule has 25 heavy (non-hydrogen) atoms. The summed E-state index contributed by atoms with van der Waals surface area (Å²) in [6, 6.07) is 16.8. The van der Waals surface area contributed by atoms with E-state index >= 15 is 0 Å². The Morgan fingerprint density at radius 3 is 2.36 bits per heavy atom. The van der Waals surface area contributed by atoms with Crippen LogP contribution in [0.1, 0.15) is 16.1 Å². The third-order valence-electron chi connectivity index (χ3n) is 3.64.